The lowest BCUT2D eigenvalue weighted by Gasteiger charge is -1.99. The molecular weight excluding hydrogens is 282 g/mol. The summed E-state index contributed by atoms with van der Waals surface area (Å²) >= 11 is 0. The van der Waals surface area contributed by atoms with Crippen molar-refractivity contribution in [3.63, 3.8) is 0 Å². The highest BCUT2D eigenvalue weighted by molar-refractivity contribution is 5.59. The molecule has 108 valence electrons. The molecular formula is C7H7N5O8. The summed E-state index contributed by atoms with van der Waals surface area (Å²) in [5.41, 5.74) is -2.16. The van der Waals surface area contributed by atoms with Gasteiger partial charge in [-0.05, 0) is 6.92 Å². The first kappa shape index (κ1) is 16.6. The summed E-state index contributed by atoms with van der Waals surface area (Å²) in [6.07, 6.45) is 0. The molecule has 1 aromatic rings. The number of non-ortho nitro benzene ring substituents is 1. The van der Waals surface area contributed by atoms with E-state index < -0.39 is 36.9 Å². The van der Waals surface area contributed by atoms with Crippen molar-refractivity contribution in [2.45, 2.75) is 6.92 Å². The second-order valence-corrected chi connectivity index (χ2v) is 3.17. The Kier molecular flexibility index (Phi) is 5.42. The van der Waals surface area contributed by atoms with Gasteiger partial charge in [-0.3, -0.25) is 30.3 Å². The van der Waals surface area contributed by atoms with Crippen LogP contribution in [0.5, 0.6) is 0 Å². The van der Waals surface area contributed by atoms with Crippen LogP contribution in [0.2, 0.25) is 0 Å². The van der Waals surface area contributed by atoms with Crippen LogP contribution in [0.25, 0.3) is 0 Å². The monoisotopic (exact) mass is 289 g/mol. The van der Waals surface area contributed by atoms with E-state index in [0.717, 1.165) is 0 Å². The van der Waals surface area contributed by atoms with Crippen LogP contribution in [0.15, 0.2) is 12.1 Å². The Hall–Kier alpha value is -3.38. The highest BCUT2D eigenvalue weighted by Gasteiger charge is 2.27. The summed E-state index contributed by atoms with van der Waals surface area (Å²) in [5, 5.41) is 39.1. The van der Waals surface area contributed by atoms with Crippen molar-refractivity contribution in [2.24, 2.45) is 5.84 Å². The van der Waals surface area contributed by atoms with E-state index in [0.29, 0.717) is 12.1 Å². The molecule has 0 unspecified atom stereocenters. The fourth-order valence-electron chi connectivity index (χ4n) is 1.15. The molecule has 0 aromatic heterocycles. The molecule has 13 nitrogen and oxygen atoms in total. The Bertz CT molecular complexity index is 546. The number of hydrazine groups is 1. The number of hydrogen-bond acceptors (Lipinski definition) is 8. The van der Waals surface area contributed by atoms with E-state index in [1.54, 1.807) is 0 Å². The first-order valence-corrected chi connectivity index (χ1v) is 4.54. The minimum absolute atomic E-state index is 0.208. The highest BCUT2D eigenvalue weighted by atomic mass is 16.7. The lowest BCUT2D eigenvalue weighted by atomic mass is 10.1. The number of nitro groups is 4. The van der Waals surface area contributed by atoms with Gasteiger partial charge in [0.2, 0.25) is 0 Å². The van der Waals surface area contributed by atoms with Crippen LogP contribution in [0, 0.1) is 47.4 Å². The van der Waals surface area contributed by atoms with Crippen LogP contribution in [-0.4, -0.2) is 19.8 Å². The zero-order valence-electron chi connectivity index (χ0n) is 9.79. The molecule has 1 aromatic carbocycles. The average molecular weight is 289 g/mol. The van der Waals surface area contributed by atoms with Crippen molar-refractivity contribution in [3.05, 3.63) is 58.2 Å². The molecule has 20 heavy (non-hydrogen) atoms. The van der Waals surface area contributed by atoms with Crippen LogP contribution in [-0.2, 0) is 0 Å². The van der Waals surface area contributed by atoms with Gasteiger partial charge in [-0.15, -0.1) is 0 Å². The average Bonchev–Trinajstić information content (AvgIpc) is 2.27. The normalized spacial score (nSPS) is 9.05. The van der Waals surface area contributed by atoms with Crippen molar-refractivity contribution in [3.8, 4) is 0 Å². The van der Waals surface area contributed by atoms with Gasteiger partial charge < -0.3 is 0 Å². The van der Waals surface area contributed by atoms with E-state index in [1.807, 2.05) is 0 Å². The lowest BCUT2D eigenvalue weighted by molar-refractivity contribution is -0.491. The zero-order chi connectivity index (χ0) is 16.0. The molecule has 0 spiro atoms. The van der Waals surface area contributed by atoms with Gasteiger partial charge in [0.1, 0.15) is 5.56 Å². The quantitative estimate of drug-likeness (QED) is 0.475. The summed E-state index contributed by atoms with van der Waals surface area (Å²) in [6, 6.07) is 1.39. The minimum Gasteiger partial charge on any atom is -0.258 e. The van der Waals surface area contributed by atoms with Gasteiger partial charge in [-0.25, -0.2) is 10.1 Å². The molecule has 0 saturated heterocycles. The third-order valence-electron chi connectivity index (χ3n) is 1.94. The molecule has 1 rings (SSSR count). The summed E-state index contributed by atoms with van der Waals surface area (Å²) in [6.45, 7) is 1.17. The third kappa shape index (κ3) is 4.47. The van der Waals surface area contributed by atoms with E-state index in [2.05, 4.69) is 5.84 Å². The SMILES string of the molecule is Cc1c([N+](=O)[O-])cc([N+](=O)[O-])cc1[N+](=O)[O-].N[N+](=O)[O-]. The smallest absolute Gasteiger partial charge is 0.258 e. The largest absolute Gasteiger partial charge is 0.286 e. The van der Waals surface area contributed by atoms with Crippen molar-refractivity contribution in [2.75, 3.05) is 0 Å². The van der Waals surface area contributed by atoms with Gasteiger partial charge in [0.05, 0.1) is 26.9 Å². The second-order valence-electron chi connectivity index (χ2n) is 3.17. The summed E-state index contributed by atoms with van der Waals surface area (Å²) in [5.74, 6) is 3.83. The second kappa shape index (κ2) is 6.53. The van der Waals surface area contributed by atoms with Crippen LogP contribution < -0.4 is 5.84 Å². The van der Waals surface area contributed by atoms with Crippen LogP contribution in [0.3, 0.4) is 0 Å². The van der Waals surface area contributed by atoms with E-state index in [1.165, 1.54) is 6.92 Å². The van der Waals surface area contributed by atoms with Crippen molar-refractivity contribution in [1.29, 1.82) is 0 Å². The topological polar surface area (TPSA) is 199 Å². The van der Waals surface area contributed by atoms with E-state index in [-0.39, 0.29) is 5.56 Å². The maximum Gasteiger partial charge on any atom is 0.286 e. The first-order valence-electron chi connectivity index (χ1n) is 4.54. The van der Waals surface area contributed by atoms with E-state index in [9.17, 15) is 30.3 Å². The predicted octanol–water partition coefficient (Wildman–Crippen LogP) is 0.856. The van der Waals surface area contributed by atoms with E-state index in [4.69, 9.17) is 10.1 Å². The van der Waals surface area contributed by atoms with Gasteiger partial charge in [0, 0.05) is 0 Å². The molecule has 0 atom stereocenters. The zero-order valence-corrected chi connectivity index (χ0v) is 9.79. The minimum atomic E-state index is -1.00. The molecule has 0 aliphatic rings. The number of rotatable bonds is 3. The van der Waals surface area contributed by atoms with Crippen LogP contribution in [0.4, 0.5) is 17.1 Å². The molecule has 0 radical (unpaired) electrons. The molecule has 0 saturated carbocycles. The standard InChI is InChI=1S/C7H5N3O6.H2N2O2/c1-4-6(9(13)14)2-5(8(11)12)3-7(4)10(15)16;1-2(3)4/h2-3H,1H3;1H2. The molecule has 13 heteroatoms. The van der Waals surface area contributed by atoms with Crippen molar-refractivity contribution in [1.82, 2.24) is 0 Å². The summed E-state index contributed by atoms with van der Waals surface area (Å²) in [7, 11) is 0. The molecule has 0 heterocycles. The number of nitrogens with zero attached hydrogens (tertiary/aromatic N) is 4. The number of benzene rings is 1. The highest BCUT2D eigenvalue weighted by Crippen LogP contribution is 2.32. The number of nitro benzene ring substituents is 3. The third-order valence-corrected chi connectivity index (χ3v) is 1.94. The maximum absolute atomic E-state index is 10.5. The molecule has 2 N–H and O–H groups in total. The molecule has 0 aliphatic heterocycles. The first-order chi connectivity index (χ1) is 9.07. The number of nitrogens with two attached hydrogens (primary N) is 1. The predicted molar refractivity (Wildman–Crippen MR) is 62.3 cm³/mol. The summed E-state index contributed by atoms with van der Waals surface area (Å²) in [4.78, 5) is 37.4. The maximum atomic E-state index is 10.5. The van der Waals surface area contributed by atoms with Gasteiger partial charge in [0.25, 0.3) is 17.1 Å². The van der Waals surface area contributed by atoms with Crippen molar-refractivity contribution >= 4 is 17.1 Å². The van der Waals surface area contributed by atoms with Gasteiger partial charge in [0.15, 0.2) is 5.03 Å². The van der Waals surface area contributed by atoms with Gasteiger partial charge in [-0.1, -0.05) is 0 Å². The fraction of sp³-hybridized carbons (Fsp3) is 0.143. The summed E-state index contributed by atoms with van der Waals surface area (Å²) < 4.78 is 0. The Balaban J connectivity index is 0.000000796. The Morgan fingerprint density at radius 2 is 1.15 bits per heavy atom. The van der Waals surface area contributed by atoms with Crippen LogP contribution >= 0.6 is 0 Å². The van der Waals surface area contributed by atoms with Gasteiger partial charge >= 0.3 is 0 Å². The lowest BCUT2D eigenvalue weighted by Crippen LogP contribution is -2.04. The van der Waals surface area contributed by atoms with Crippen LogP contribution in [0.1, 0.15) is 5.56 Å². The molecule has 0 amide bonds. The molecule has 0 bridgehead atoms. The van der Waals surface area contributed by atoms with E-state index >= 15 is 0 Å². The molecule has 0 aliphatic carbocycles. The Morgan fingerprint density at radius 1 is 0.850 bits per heavy atom. The molecule has 0 fully saturated rings. The Morgan fingerprint density at radius 3 is 1.35 bits per heavy atom. The Labute approximate surface area is 109 Å². The number of hydrogen-bond donors (Lipinski definition) is 1. The fourth-order valence-corrected chi connectivity index (χ4v) is 1.15. The van der Waals surface area contributed by atoms with Crippen molar-refractivity contribution < 1.29 is 19.8 Å². The van der Waals surface area contributed by atoms with Gasteiger partial charge in [-0.2, -0.15) is 5.84 Å².